The number of halogens is 3. The molecule has 24 heavy (non-hydrogen) atoms. The third-order valence-electron chi connectivity index (χ3n) is 3.94. The van der Waals surface area contributed by atoms with Crippen molar-refractivity contribution < 1.29 is 13.2 Å². The van der Waals surface area contributed by atoms with Crippen LogP contribution in [0.25, 0.3) is 0 Å². The molecule has 2 aromatic heterocycles. The van der Waals surface area contributed by atoms with Crippen molar-refractivity contribution in [3.63, 3.8) is 0 Å². The molecule has 1 aliphatic rings. The summed E-state index contributed by atoms with van der Waals surface area (Å²) in [7, 11) is 0. The van der Waals surface area contributed by atoms with Crippen LogP contribution in [0.4, 0.5) is 19.0 Å². The van der Waals surface area contributed by atoms with Gasteiger partial charge in [0, 0.05) is 37.6 Å². The highest BCUT2D eigenvalue weighted by Crippen LogP contribution is 2.28. The Labute approximate surface area is 138 Å². The molecule has 0 bridgehead atoms. The second kappa shape index (κ2) is 7.12. The molecule has 0 spiro atoms. The summed E-state index contributed by atoms with van der Waals surface area (Å²) in [5.41, 5.74) is 0.197. The number of aromatic nitrogens is 3. The summed E-state index contributed by atoms with van der Waals surface area (Å²) in [6, 6.07) is 4.94. The molecule has 1 N–H and O–H groups in total. The number of piperidine rings is 1. The van der Waals surface area contributed by atoms with Crippen molar-refractivity contribution in [1.82, 2.24) is 19.9 Å². The smallest absolute Gasteiger partial charge is 0.366 e. The molecule has 2 aromatic rings. The Balaban J connectivity index is 1.61. The zero-order valence-electron chi connectivity index (χ0n) is 13.0. The van der Waals surface area contributed by atoms with Crippen LogP contribution in [0.1, 0.15) is 24.1 Å². The third kappa shape index (κ3) is 4.41. The summed E-state index contributed by atoms with van der Waals surface area (Å²) in [6.07, 6.45) is 1.93. The van der Waals surface area contributed by atoms with Crippen LogP contribution >= 0.6 is 0 Å². The predicted octanol–water partition coefficient (Wildman–Crippen LogP) is 2.97. The number of alkyl halides is 3. The lowest BCUT2D eigenvalue weighted by Gasteiger charge is -2.33. The lowest BCUT2D eigenvalue weighted by atomic mass is 10.0. The van der Waals surface area contributed by atoms with Gasteiger partial charge < -0.3 is 5.32 Å². The molecule has 3 heterocycles. The summed E-state index contributed by atoms with van der Waals surface area (Å²) in [5.74, 6) is 0.213. The average Bonchev–Trinajstić information content (AvgIpc) is 2.56. The Morgan fingerprint density at radius 1 is 1.29 bits per heavy atom. The van der Waals surface area contributed by atoms with Crippen LogP contribution in [0.3, 0.4) is 0 Å². The number of hydrogen-bond acceptors (Lipinski definition) is 5. The minimum atomic E-state index is -4.46. The number of anilines is 1. The summed E-state index contributed by atoms with van der Waals surface area (Å²) in [6.45, 7) is 2.49. The Bertz CT molecular complexity index is 662. The first kappa shape index (κ1) is 16.6. The van der Waals surface area contributed by atoms with E-state index in [1.54, 1.807) is 6.20 Å². The van der Waals surface area contributed by atoms with E-state index in [9.17, 15) is 13.2 Å². The molecule has 1 fully saturated rings. The number of nitrogens with zero attached hydrogens (tertiary/aromatic N) is 4. The van der Waals surface area contributed by atoms with Gasteiger partial charge in [0.1, 0.15) is 17.8 Å². The molecule has 0 aliphatic carbocycles. The number of nitrogens with one attached hydrogen (secondary N) is 1. The molecule has 0 saturated carbocycles. The van der Waals surface area contributed by atoms with Crippen molar-refractivity contribution in [3.05, 3.63) is 48.2 Å². The molecule has 1 unspecified atom stereocenters. The van der Waals surface area contributed by atoms with Crippen LogP contribution in [0.15, 0.2) is 36.9 Å². The highest BCUT2D eigenvalue weighted by Gasteiger charge is 2.33. The number of hydrogen-bond donors (Lipinski definition) is 1. The fraction of sp³-hybridized carbons (Fsp3) is 0.438. The van der Waals surface area contributed by atoms with Crippen molar-refractivity contribution in [3.8, 4) is 0 Å². The van der Waals surface area contributed by atoms with Gasteiger partial charge in [-0.15, -0.1) is 0 Å². The van der Waals surface area contributed by atoms with Crippen molar-refractivity contribution in [2.75, 3.05) is 18.4 Å². The molecule has 1 aliphatic heterocycles. The van der Waals surface area contributed by atoms with Gasteiger partial charge in [-0.25, -0.2) is 9.97 Å². The molecule has 0 aromatic carbocycles. The summed E-state index contributed by atoms with van der Waals surface area (Å²) >= 11 is 0. The minimum Gasteiger partial charge on any atom is -0.366 e. The highest BCUT2D eigenvalue weighted by molar-refractivity contribution is 5.37. The van der Waals surface area contributed by atoms with E-state index in [4.69, 9.17) is 0 Å². The van der Waals surface area contributed by atoms with Gasteiger partial charge >= 0.3 is 6.18 Å². The van der Waals surface area contributed by atoms with Gasteiger partial charge in [0.2, 0.25) is 0 Å². The fourth-order valence-corrected chi connectivity index (χ4v) is 2.87. The zero-order chi connectivity index (χ0) is 17.0. The number of rotatable bonds is 4. The Hall–Kier alpha value is -2.22. The normalized spacial score (nSPS) is 19.2. The van der Waals surface area contributed by atoms with E-state index < -0.39 is 11.9 Å². The molecule has 0 radical (unpaired) electrons. The maximum absolute atomic E-state index is 12.7. The SMILES string of the molecule is FC(F)(F)c1cc(NC2CCCN(Cc3cccnc3)C2)ncn1. The Morgan fingerprint density at radius 3 is 2.92 bits per heavy atom. The fourth-order valence-electron chi connectivity index (χ4n) is 2.87. The first-order valence-corrected chi connectivity index (χ1v) is 7.78. The van der Waals surface area contributed by atoms with E-state index in [2.05, 4.69) is 25.2 Å². The first-order valence-electron chi connectivity index (χ1n) is 7.78. The number of pyridine rings is 1. The summed E-state index contributed by atoms with van der Waals surface area (Å²) < 4.78 is 38.2. The largest absolute Gasteiger partial charge is 0.433 e. The quantitative estimate of drug-likeness (QED) is 0.930. The molecule has 3 rings (SSSR count). The molecular formula is C16H18F3N5. The highest BCUT2D eigenvalue weighted by atomic mass is 19.4. The van der Waals surface area contributed by atoms with E-state index in [0.717, 1.165) is 50.4 Å². The molecule has 8 heteroatoms. The van der Waals surface area contributed by atoms with E-state index in [1.807, 2.05) is 18.3 Å². The second-order valence-electron chi connectivity index (χ2n) is 5.87. The van der Waals surface area contributed by atoms with Crippen LogP contribution in [0.2, 0.25) is 0 Å². The Kier molecular flexibility index (Phi) is 4.94. The molecule has 1 atom stereocenters. The van der Waals surface area contributed by atoms with Gasteiger partial charge in [0.05, 0.1) is 0 Å². The monoisotopic (exact) mass is 337 g/mol. The molecule has 0 amide bonds. The standard InChI is InChI=1S/C16H18F3N5/c17-16(18,19)14-7-15(22-11-21-14)23-13-4-2-6-24(10-13)9-12-3-1-5-20-8-12/h1,3,5,7-8,11,13H,2,4,6,9-10H2,(H,21,22,23). The minimum absolute atomic E-state index is 0.0615. The molecule has 128 valence electrons. The van der Waals surface area contributed by atoms with Gasteiger partial charge in [0.25, 0.3) is 0 Å². The van der Waals surface area contributed by atoms with Crippen LogP contribution in [0, 0.1) is 0 Å². The van der Waals surface area contributed by atoms with Gasteiger partial charge in [-0.2, -0.15) is 13.2 Å². The first-order chi connectivity index (χ1) is 11.5. The summed E-state index contributed by atoms with van der Waals surface area (Å²) in [4.78, 5) is 13.6. The maximum atomic E-state index is 12.7. The Morgan fingerprint density at radius 2 is 2.17 bits per heavy atom. The van der Waals surface area contributed by atoms with Crippen LogP contribution in [-0.4, -0.2) is 39.0 Å². The van der Waals surface area contributed by atoms with Crippen molar-refractivity contribution in [1.29, 1.82) is 0 Å². The molecule has 5 nitrogen and oxygen atoms in total. The van der Waals surface area contributed by atoms with E-state index in [0.29, 0.717) is 0 Å². The molecular weight excluding hydrogens is 319 g/mol. The van der Waals surface area contributed by atoms with Crippen LogP contribution in [-0.2, 0) is 12.7 Å². The van der Waals surface area contributed by atoms with Gasteiger partial charge in [-0.3, -0.25) is 9.88 Å². The van der Waals surface area contributed by atoms with E-state index >= 15 is 0 Å². The van der Waals surface area contributed by atoms with Gasteiger partial charge in [-0.05, 0) is 31.0 Å². The van der Waals surface area contributed by atoms with Crippen molar-refractivity contribution in [2.24, 2.45) is 0 Å². The average molecular weight is 337 g/mol. The third-order valence-corrected chi connectivity index (χ3v) is 3.94. The molecule has 1 saturated heterocycles. The number of likely N-dealkylation sites (tertiary alicyclic amines) is 1. The zero-order valence-corrected chi connectivity index (χ0v) is 13.0. The topological polar surface area (TPSA) is 53.9 Å². The second-order valence-corrected chi connectivity index (χ2v) is 5.87. The lowest BCUT2D eigenvalue weighted by molar-refractivity contribution is -0.141. The van der Waals surface area contributed by atoms with Crippen LogP contribution in [0.5, 0.6) is 0 Å². The van der Waals surface area contributed by atoms with Gasteiger partial charge in [0.15, 0.2) is 0 Å². The lowest BCUT2D eigenvalue weighted by Crippen LogP contribution is -2.41. The van der Waals surface area contributed by atoms with Crippen molar-refractivity contribution in [2.45, 2.75) is 31.6 Å². The predicted molar refractivity (Wildman–Crippen MR) is 83.2 cm³/mol. The summed E-state index contributed by atoms with van der Waals surface area (Å²) in [5, 5.41) is 3.10. The van der Waals surface area contributed by atoms with Gasteiger partial charge in [-0.1, -0.05) is 6.07 Å². The van der Waals surface area contributed by atoms with E-state index in [-0.39, 0.29) is 11.9 Å². The van der Waals surface area contributed by atoms with E-state index in [1.165, 1.54) is 0 Å². The maximum Gasteiger partial charge on any atom is 0.433 e. The van der Waals surface area contributed by atoms with Crippen LogP contribution < -0.4 is 5.32 Å². The van der Waals surface area contributed by atoms with Crippen molar-refractivity contribution >= 4 is 5.82 Å².